The van der Waals surface area contributed by atoms with Gasteiger partial charge in [0.25, 0.3) is 0 Å². The fourth-order valence-corrected chi connectivity index (χ4v) is 3.27. The van der Waals surface area contributed by atoms with Crippen LogP contribution in [0.2, 0.25) is 0 Å². The third-order valence-electron chi connectivity index (χ3n) is 4.54. The van der Waals surface area contributed by atoms with Crippen molar-refractivity contribution < 1.29 is 4.79 Å². The fraction of sp³-hybridized carbons (Fsp3) is 0.533. The van der Waals surface area contributed by atoms with Gasteiger partial charge in [-0.25, -0.2) is 0 Å². The Morgan fingerprint density at radius 3 is 2.53 bits per heavy atom. The number of nitrogens with one attached hydrogen (secondary N) is 1. The van der Waals surface area contributed by atoms with Gasteiger partial charge >= 0.3 is 0 Å². The molecule has 102 valence electrons. The number of hydrogen-bond acceptors (Lipinski definition) is 3. The Labute approximate surface area is 114 Å². The maximum absolute atomic E-state index is 12.4. The average molecular weight is 259 g/mol. The van der Waals surface area contributed by atoms with E-state index in [4.69, 9.17) is 0 Å². The van der Waals surface area contributed by atoms with E-state index in [1.165, 1.54) is 0 Å². The first-order valence-electron chi connectivity index (χ1n) is 7.09. The van der Waals surface area contributed by atoms with Crippen LogP contribution in [0.3, 0.4) is 0 Å². The molecule has 0 unspecified atom stereocenters. The van der Waals surface area contributed by atoms with Crippen molar-refractivity contribution in [1.82, 2.24) is 10.2 Å². The molecule has 1 N–H and O–H groups in total. The summed E-state index contributed by atoms with van der Waals surface area (Å²) in [5, 5.41) is 3.03. The molecule has 0 bridgehead atoms. The van der Waals surface area contributed by atoms with Crippen molar-refractivity contribution in [3.8, 4) is 0 Å². The molecule has 0 aromatic heterocycles. The summed E-state index contributed by atoms with van der Waals surface area (Å²) in [6, 6.07) is 10.3. The molecule has 4 nitrogen and oxygen atoms in total. The molecule has 2 fully saturated rings. The highest BCUT2D eigenvalue weighted by Gasteiger charge is 2.49. The van der Waals surface area contributed by atoms with Gasteiger partial charge in [-0.3, -0.25) is 4.79 Å². The summed E-state index contributed by atoms with van der Waals surface area (Å²) in [6.07, 6.45) is 1.84. The van der Waals surface area contributed by atoms with Crippen LogP contribution in [0, 0.1) is 0 Å². The maximum atomic E-state index is 12.4. The van der Waals surface area contributed by atoms with Crippen molar-refractivity contribution in [3.63, 3.8) is 0 Å². The van der Waals surface area contributed by atoms with E-state index in [0.717, 1.165) is 38.2 Å². The SMILES string of the molecule is CCN1CCC2(CC1)C(=O)NCN2c1ccccc1. The predicted octanol–water partition coefficient (Wildman–Crippen LogP) is 1.43. The van der Waals surface area contributed by atoms with Crippen LogP contribution in [-0.4, -0.2) is 42.6 Å². The second kappa shape index (κ2) is 4.85. The zero-order valence-electron chi connectivity index (χ0n) is 11.4. The van der Waals surface area contributed by atoms with Gasteiger partial charge in [0.15, 0.2) is 0 Å². The molecule has 4 heteroatoms. The predicted molar refractivity (Wildman–Crippen MR) is 76.0 cm³/mol. The number of anilines is 1. The van der Waals surface area contributed by atoms with Crippen molar-refractivity contribution in [3.05, 3.63) is 30.3 Å². The summed E-state index contributed by atoms with van der Waals surface area (Å²) in [7, 11) is 0. The van der Waals surface area contributed by atoms with Crippen LogP contribution < -0.4 is 10.2 Å². The molecule has 1 aromatic carbocycles. The van der Waals surface area contributed by atoms with E-state index in [1.54, 1.807) is 0 Å². The van der Waals surface area contributed by atoms with E-state index in [-0.39, 0.29) is 11.4 Å². The van der Waals surface area contributed by atoms with Crippen LogP contribution in [0.4, 0.5) is 5.69 Å². The summed E-state index contributed by atoms with van der Waals surface area (Å²) >= 11 is 0. The highest BCUT2D eigenvalue weighted by molar-refractivity contribution is 5.93. The Morgan fingerprint density at radius 1 is 1.21 bits per heavy atom. The fourth-order valence-electron chi connectivity index (χ4n) is 3.27. The van der Waals surface area contributed by atoms with Gasteiger partial charge in [-0.05, 0) is 31.5 Å². The van der Waals surface area contributed by atoms with Crippen LogP contribution in [0.1, 0.15) is 19.8 Å². The van der Waals surface area contributed by atoms with Crippen molar-refractivity contribution in [1.29, 1.82) is 0 Å². The van der Waals surface area contributed by atoms with Gasteiger partial charge in [0, 0.05) is 18.8 Å². The lowest BCUT2D eigenvalue weighted by atomic mass is 9.85. The Kier molecular flexibility index (Phi) is 3.19. The normalized spacial score (nSPS) is 22.8. The van der Waals surface area contributed by atoms with Gasteiger partial charge in [0.05, 0.1) is 6.67 Å². The van der Waals surface area contributed by atoms with Crippen LogP contribution >= 0.6 is 0 Å². The number of piperidine rings is 1. The summed E-state index contributed by atoms with van der Waals surface area (Å²) in [4.78, 5) is 17.0. The molecule has 2 aliphatic rings. The van der Waals surface area contributed by atoms with Crippen molar-refractivity contribution in [2.75, 3.05) is 31.2 Å². The third-order valence-corrected chi connectivity index (χ3v) is 4.54. The molecular weight excluding hydrogens is 238 g/mol. The smallest absolute Gasteiger partial charge is 0.247 e. The summed E-state index contributed by atoms with van der Waals surface area (Å²) in [5.41, 5.74) is 0.818. The Bertz CT molecular complexity index is 452. The number of para-hydroxylation sites is 1. The van der Waals surface area contributed by atoms with Crippen molar-refractivity contribution in [2.45, 2.75) is 25.3 Å². The Hall–Kier alpha value is -1.55. The lowest BCUT2D eigenvalue weighted by Crippen LogP contribution is -2.56. The number of hydrogen-bond donors (Lipinski definition) is 1. The number of benzene rings is 1. The second-order valence-corrected chi connectivity index (χ2v) is 5.39. The summed E-state index contributed by atoms with van der Waals surface area (Å²) < 4.78 is 0. The zero-order valence-corrected chi connectivity index (χ0v) is 11.4. The molecule has 0 aliphatic carbocycles. The van der Waals surface area contributed by atoms with E-state index in [2.05, 4.69) is 34.2 Å². The van der Waals surface area contributed by atoms with Gasteiger partial charge in [-0.2, -0.15) is 0 Å². The molecule has 0 saturated carbocycles. The van der Waals surface area contributed by atoms with Crippen LogP contribution in [0.15, 0.2) is 30.3 Å². The minimum Gasteiger partial charge on any atom is -0.339 e. The molecule has 1 spiro atoms. The van der Waals surface area contributed by atoms with Gasteiger partial charge in [0.1, 0.15) is 5.54 Å². The van der Waals surface area contributed by atoms with Gasteiger partial charge in [0.2, 0.25) is 5.91 Å². The quantitative estimate of drug-likeness (QED) is 0.873. The third kappa shape index (κ3) is 2.00. The minimum atomic E-state index is -0.326. The lowest BCUT2D eigenvalue weighted by Gasteiger charge is -2.43. The van der Waals surface area contributed by atoms with Crippen LogP contribution in [-0.2, 0) is 4.79 Å². The number of carbonyl (C=O) groups is 1. The zero-order chi connectivity index (χ0) is 13.3. The lowest BCUT2D eigenvalue weighted by molar-refractivity contribution is -0.125. The number of rotatable bonds is 2. The number of amides is 1. The summed E-state index contributed by atoms with van der Waals surface area (Å²) in [6.45, 7) is 5.90. The van der Waals surface area contributed by atoms with Gasteiger partial charge < -0.3 is 15.1 Å². The van der Waals surface area contributed by atoms with E-state index in [0.29, 0.717) is 6.67 Å². The first kappa shape index (κ1) is 12.5. The number of carbonyl (C=O) groups excluding carboxylic acids is 1. The highest BCUT2D eigenvalue weighted by atomic mass is 16.2. The van der Waals surface area contributed by atoms with E-state index in [9.17, 15) is 4.79 Å². The van der Waals surface area contributed by atoms with Crippen LogP contribution in [0.5, 0.6) is 0 Å². The molecule has 1 amide bonds. The highest BCUT2D eigenvalue weighted by Crippen LogP contribution is 2.35. The van der Waals surface area contributed by atoms with E-state index < -0.39 is 0 Å². The maximum Gasteiger partial charge on any atom is 0.247 e. The summed E-state index contributed by atoms with van der Waals surface area (Å²) in [5.74, 6) is 0.201. The number of likely N-dealkylation sites (tertiary alicyclic amines) is 1. The largest absolute Gasteiger partial charge is 0.339 e. The number of nitrogens with zero attached hydrogens (tertiary/aromatic N) is 2. The molecule has 2 heterocycles. The standard InChI is InChI=1S/C15H21N3O/c1-2-17-10-8-15(9-11-17)14(19)16-12-18(15)13-6-4-3-5-7-13/h3-7H,2,8-12H2,1H3,(H,16,19). The average Bonchev–Trinajstić information content (AvgIpc) is 2.78. The van der Waals surface area contributed by atoms with Crippen molar-refractivity contribution in [2.24, 2.45) is 0 Å². The van der Waals surface area contributed by atoms with E-state index >= 15 is 0 Å². The van der Waals surface area contributed by atoms with Crippen LogP contribution in [0.25, 0.3) is 0 Å². The first-order valence-corrected chi connectivity index (χ1v) is 7.09. The van der Waals surface area contributed by atoms with Gasteiger partial charge in [-0.15, -0.1) is 0 Å². The minimum absolute atomic E-state index is 0.201. The second-order valence-electron chi connectivity index (χ2n) is 5.39. The topological polar surface area (TPSA) is 35.6 Å². The Morgan fingerprint density at radius 2 is 1.89 bits per heavy atom. The molecule has 19 heavy (non-hydrogen) atoms. The van der Waals surface area contributed by atoms with E-state index in [1.807, 2.05) is 18.2 Å². The molecule has 3 rings (SSSR count). The molecule has 1 aromatic rings. The van der Waals surface area contributed by atoms with Crippen molar-refractivity contribution >= 4 is 11.6 Å². The monoisotopic (exact) mass is 259 g/mol. The molecule has 0 atom stereocenters. The first-order chi connectivity index (χ1) is 9.26. The molecule has 2 aliphatic heterocycles. The molecule has 2 saturated heterocycles. The van der Waals surface area contributed by atoms with Gasteiger partial charge in [-0.1, -0.05) is 25.1 Å². The molecule has 0 radical (unpaired) electrons. The molecular formula is C15H21N3O. The Balaban J connectivity index is 1.87.